The van der Waals surface area contributed by atoms with Gasteiger partial charge in [0.25, 0.3) is 0 Å². The lowest BCUT2D eigenvalue weighted by atomic mass is 9.91. The molecular formula is C46H71Cl2FS. The van der Waals surface area contributed by atoms with Crippen LogP contribution in [0.15, 0.2) is 90.3 Å². The van der Waals surface area contributed by atoms with Crippen LogP contribution in [0.2, 0.25) is 10.0 Å². The summed E-state index contributed by atoms with van der Waals surface area (Å²) in [6, 6.07) is 27.2. The number of hydrogen-bond donors (Lipinski definition) is 0. The Labute approximate surface area is 323 Å². The van der Waals surface area contributed by atoms with Gasteiger partial charge >= 0.3 is 0 Å². The van der Waals surface area contributed by atoms with E-state index in [0.29, 0.717) is 5.02 Å². The van der Waals surface area contributed by atoms with Crippen LogP contribution in [0.4, 0.5) is 4.39 Å². The molecule has 50 heavy (non-hydrogen) atoms. The van der Waals surface area contributed by atoms with E-state index in [1.54, 1.807) is 6.07 Å². The van der Waals surface area contributed by atoms with E-state index in [2.05, 4.69) is 96.3 Å². The third-order valence-electron chi connectivity index (χ3n) is 7.79. The number of thiophene rings is 1. The van der Waals surface area contributed by atoms with Crippen LogP contribution in [0, 0.1) is 17.7 Å². The minimum absolute atomic E-state index is 0.276. The summed E-state index contributed by atoms with van der Waals surface area (Å²) >= 11 is 13.2. The number of hydrogen-bond acceptors (Lipinski definition) is 1. The molecule has 0 atom stereocenters. The number of aryl methyl sites for hydroxylation is 4. The van der Waals surface area contributed by atoms with Crippen LogP contribution in [0.5, 0.6) is 0 Å². The number of rotatable bonds is 7. The van der Waals surface area contributed by atoms with E-state index < -0.39 is 0 Å². The highest BCUT2D eigenvalue weighted by atomic mass is 35.5. The third kappa shape index (κ3) is 29.6. The molecule has 0 saturated heterocycles. The molecule has 0 amide bonds. The summed E-state index contributed by atoms with van der Waals surface area (Å²) in [6.45, 7) is 21.6. The molecule has 0 nitrogen and oxygen atoms in total. The second kappa shape index (κ2) is 35.3. The number of halogens is 3. The molecule has 1 aromatic heterocycles. The fourth-order valence-corrected chi connectivity index (χ4v) is 5.94. The lowest BCUT2D eigenvalue weighted by molar-refractivity contribution is 0.385. The van der Waals surface area contributed by atoms with Crippen molar-refractivity contribution in [2.75, 3.05) is 0 Å². The van der Waals surface area contributed by atoms with Crippen molar-refractivity contribution in [2.24, 2.45) is 11.8 Å². The highest BCUT2D eigenvalue weighted by molar-refractivity contribution is 7.09. The first kappa shape index (κ1) is 50.0. The van der Waals surface area contributed by atoms with Gasteiger partial charge in [0, 0.05) is 14.9 Å². The van der Waals surface area contributed by atoms with Gasteiger partial charge in [0.15, 0.2) is 0 Å². The van der Waals surface area contributed by atoms with Gasteiger partial charge in [0.2, 0.25) is 0 Å². The molecule has 4 heteroatoms. The molecule has 0 radical (unpaired) electrons. The summed E-state index contributed by atoms with van der Waals surface area (Å²) in [5.74, 6) is 1.66. The molecule has 1 aliphatic carbocycles. The average molecular weight is 746 g/mol. The molecule has 1 saturated carbocycles. The Balaban J connectivity index is 0. The zero-order valence-electron chi connectivity index (χ0n) is 33.3. The molecule has 1 fully saturated rings. The van der Waals surface area contributed by atoms with Gasteiger partial charge in [-0.3, -0.25) is 0 Å². The van der Waals surface area contributed by atoms with Crippen molar-refractivity contribution in [1.82, 2.24) is 0 Å². The Kier molecular flexibility index (Phi) is 35.3. The maximum Gasteiger partial charge on any atom is 0.124 e. The fraction of sp³-hybridized carbons (Fsp3) is 0.522. The van der Waals surface area contributed by atoms with Crippen molar-refractivity contribution in [3.63, 3.8) is 0 Å². The van der Waals surface area contributed by atoms with E-state index in [4.69, 9.17) is 23.2 Å². The molecule has 4 aromatic rings. The Bertz CT molecular complexity index is 1230. The molecule has 3 aromatic carbocycles. The van der Waals surface area contributed by atoms with Gasteiger partial charge in [-0.15, -0.1) is 11.3 Å². The molecule has 0 bridgehead atoms. The van der Waals surface area contributed by atoms with Crippen molar-refractivity contribution in [3.05, 3.63) is 128 Å². The van der Waals surface area contributed by atoms with E-state index in [1.807, 2.05) is 56.4 Å². The second-order valence-corrected chi connectivity index (χ2v) is 14.5. The van der Waals surface area contributed by atoms with Crippen LogP contribution in [0.1, 0.15) is 142 Å². The van der Waals surface area contributed by atoms with Crippen molar-refractivity contribution < 1.29 is 4.39 Å². The summed E-state index contributed by atoms with van der Waals surface area (Å²) in [5, 5.41) is 3.44. The highest BCUT2D eigenvalue weighted by Crippen LogP contribution is 2.22. The molecule has 282 valence electrons. The van der Waals surface area contributed by atoms with Crippen LogP contribution < -0.4 is 0 Å². The third-order valence-corrected chi connectivity index (χ3v) is 9.41. The van der Waals surface area contributed by atoms with E-state index in [0.717, 1.165) is 35.3 Å². The Morgan fingerprint density at radius 2 is 1.32 bits per heavy atom. The van der Waals surface area contributed by atoms with Gasteiger partial charge in [0.1, 0.15) is 5.82 Å². The summed E-state index contributed by atoms with van der Waals surface area (Å²) < 4.78 is 12.4. The lowest BCUT2D eigenvalue weighted by Gasteiger charge is -2.15. The van der Waals surface area contributed by atoms with Gasteiger partial charge < -0.3 is 0 Å². The van der Waals surface area contributed by atoms with E-state index in [9.17, 15) is 4.39 Å². The first-order chi connectivity index (χ1) is 24.1. The zero-order chi connectivity index (χ0) is 38.0. The molecule has 0 N–H and O–H groups in total. The predicted octanol–water partition coefficient (Wildman–Crippen LogP) is 16.9. The first-order valence-electron chi connectivity index (χ1n) is 19.3. The molecule has 0 spiro atoms. The summed E-state index contributed by atoms with van der Waals surface area (Å²) in [4.78, 5) is 1.47. The van der Waals surface area contributed by atoms with E-state index >= 15 is 0 Å². The molecule has 1 aliphatic rings. The Hall–Kier alpha value is -2.13. The molecule has 0 unspecified atom stereocenters. The first-order valence-corrected chi connectivity index (χ1v) is 21.0. The van der Waals surface area contributed by atoms with Gasteiger partial charge in [-0.1, -0.05) is 198 Å². The van der Waals surface area contributed by atoms with Crippen LogP contribution in [0.25, 0.3) is 0 Å². The maximum atomic E-state index is 12.4. The standard InChI is InChI=1S/C9H12.C8H8ClF.C8H9Cl.C7H14.C6H8S.C6H14.C2H6/c1-2-6-9-7-4-3-5-8-9;1-2-6-3-4-7(10)5-8(6)9;1-2-7-3-5-8(9)6-4-7;1-7-5-3-2-4-6-7;1-2-6-4-3-5-7-6;1-4-5-6(2)3;1-2/h3-5,7-8H,2,6H2,1H3;3-5H,2H2,1H3;3-6H,2H2,1H3;7H,2-6H2,1H3;3-5H,2H2,1H3;6H,4-5H2,1-3H3;1-2H3. The van der Waals surface area contributed by atoms with Crippen LogP contribution >= 0.6 is 34.5 Å². The van der Waals surface area contributed by atoms with Crippen LogP contribution in [0.3, 0.4) is 0 Å². The summed E-state index contributed by atoms with van der Waals surface area (Å²) in [5.41, 5.74) is 3.77. The van der Waals surface area contributed by atoms with Crippen LogP contribution in [-0.4, -0.2) is 0 Å². The van der Waals surface area contributed by atoms with Gasteiger partial charge in [-0.25, -0.2) is 4.39 Å². The Morgan fingerprint density at radius 1 is 0.700 bits per heavy atom. The smallest absolute Gasteiger partial charge is 0.124 e. The van der Waals surface area contributed by atoms with E-state index in [1.165, 1.54) is 92.3 Å². The molecule has 5 rings (SSSR count). The van der Waals surface area contributed by atoms with Crippen molar-refractivity contribution in [2.45, 2.75) is 146 Å². The molecule has 0 aliphatic heterocycles. The van der Waals surface area contributed by atoms with Gasteiger partial charge in [0.05, 0.1) is 0 Å². The SMILES string of the molecule is CC.CC1CCCCC1.CCCC(C)C.CCCc1ccccc1.CCc1ccc(Cl)cc1.CCc1ccc(F)cc1Cl.CCc1cccs1. The largest absolute Gasteiger partial charge is 0.207 e. The minimum atomic E-state index is -0.276. The fourth-order valence-electron chi connectivity index (χ4n) is 4.86. The van der Waals surface area contributed by atoms with Crippen LogP contribution in [-0.2, 0) is 25.7 Å². The van der Waals surface area contributed by atoms with Crippen molar-refractivity contribution in [1.29, 1.82) is 0 Å². The van der Waals surface area contributed by atoms with Gasteiger partial charge in [-0.2, -0.15) is 0 Å². The monoisotopic (exact) mass is 744 g/mol. The minimum Gasteiger partial charge on any atom is -0.207 e. The second-order valence-electron chi connectivity index (χ2n) is 12.7. The zero-order valence-corrected chi connectivity index (χ0v) is 35.7. The topological polar surface area (TPSA) is 0 Å². The average Bonchev–Trinajstić information content (AvgIpc) is 3.67. The van der Waals surface area contributed by atoms with Crippen molar-refractivity contribution >= 4 is 34.5 Å². The van der Waals surface area contributed by atoms with Gasteiger partial charge in [-0.05, 0) is 89.9 Å². The highest BCUT2D eigenvalue weighted by Gasteiger charge is 2.06. The molecule has 1 heterocycles. The predicted molar refractivity (Wildman–Crippen MR) is 229 cm³/mol. The normalized spacial score (nSPS) is 11.6. The maximum absolute atomic E-state index is 12.4. The lowest BCUT2D eigenvalue weighted by Crippen LogP contribution is -1.99. The van der Waals surface area contributed by atoms with Crippen molar-refractivity contribution in [3.8, 4) is 0 Å². The number of benzene rings is 3. The quantitative estimate of drug-likeness (QED) is 0.177. The molecular weight excluding hydrogens is 674 g/mol. The Morgan fingerprint density at radius 3 is 1.68 bits per heavy atom. The van der Waals surface area contributed by atoms with E-state index in [-0.39, 0.29) is 5.82 Å². The summed E-state index contributed by atoms with van der Waals surface area (Å²) in [7, 11) is 0. The summed E-state index contributed by atoms with van der Waals surface area (Å²) in [6.07, 6.45) is 15.7.